The van der Waals surface area contributed by atoms with Gasteiger partial charge in [-0.2, -0.15) is 0 Å². The molecule has 0 aromatic rings. The average molecular weight is 1060 g/mol. The fourth-order valence-corrected chi connectivity index (χ4v) is 8.21. The standard InChI is InChI=1S/C71H114O6/c1-4-7-10-13-16-18-20-22-24-26-28-30-32-34-35-37-38-40-42-44-46-48-50-52-55-58-61-64-70(73)76-67-68(66-75-69(72)63-60-57-54-15-12-9-6-3)77-71(74)65-62-59-56-53-51-49-47-45-43-41-39-36-33-31-29-27-25-23-21-19-17-14-11-8-5-2/h7-8,10-11,16-19,22-25,28-31,34-36,38-40,44,46,68H,4-6,9,12-15,20-21,26-27,32-33,37,41-43,45,47-67H2,1-3H3/b10-7-,11-8-,18-16-,19-17-,24-22-,25-23-,30-28-,31-29-,35-34-,39-36-,40-38-,46-44-. The molecule has 0 aliphatic carbocycles. The van der Waals surface area contributed by atoms with E-state index in [-0.39, 0.29) is 31.1 Å². The minimum absolute atomic E-state index is 0.0908. The number of carbonyl (C=O) groups excluding carboxylic acids is 3. The summed E-state index contributed by atoms with van der Waals surface area (Å²) in [7, 11) is 0. The molecule has 6 nitrogen and oxygen atoms in total. The van der Waals surface area contributed by atoms with E-state index in [0.29, 0.717) is 19.3 Å². The number of unbranched alkanes of at least 4 members (excludes halogenated alkanes) is 20. The van der Waals surface area contributed by atoms with Gasteiger partial charge in [-0.05, 0) is 122 Å². The summed E-state index contributed by atoms with van der Waals surface area (Å²) in [5.74, 6) is -0.926. The van der Waals surface area contributed by atoms with Crippen molar-refractivity contribution in [1.82, 2.24) is 0 Å². The van der Waals surface area contributed by atoms with Crippen LogP contribution in [0, 0.1) is 0 Å². The lowest BCUT2D eigenvalue weighted by Gasteiger charge is -2.18. The molecular formula is C71H114O6. The van der Waals surface area contributed by atoms with Crippen molar-refractivity contribution in [3.05, 3.63) is 146 Å². The van der Waals surface area contributed by atoms with Crippen LogP contribution in [-0.4, -0.2) is 37.2 Å². The van der Waals surface area contributed by atoms with Crippen molar-refractivity contribution < 1.29 is 28.6 Å². The first kappa shape index (κ1) is 72.3. The Morgan fingerprint density at radius 3 is 0.792 bits per heavy atom. The van der Waals surface area contributed by atoms with Crippen LogP contribution in [-0.2, 0) is 28.6 Å². The highest BCUT2D eigenvalue weighted by Crippen LogP contribution is 2.15. The molecule has 0 saturated heterocycles. The number of ether oxygens (including phenoxy) is 3. The van der Waals surface area contributed by atoms with Crippen molar-refractivity contribution in [2.24, 2.45) is 0 Å². The second-order valence-corrected chi connectivity index (χ2v) is 20.2. The molecule has 0 fully saturated rings. The van der Waals surface area contributed by atoms with E-state index in [1.54, 1.807) is 0 Å². The molecule has 0 aromatic carbocycles. The van der Waals surface area contributed by atoms with Crippen molar-refractivity contribution >= 4 is 17.9 Å². The third kappa shape index (κ3) is 62.0. The van der Waals surface area contributed by atoms with Gasteiger partial charge in [-0.15, -0.1) is 0 Å². The first-order chi connectivity index (χ1) is 38.0. The summed E-state index contributed by atoms with van der Waals surface area (Å²) in [6, 6.07) is 0. The van der Waals surface area contributed by atoms with Crippen LogP contribution in [0.1, 0.15) is 265 Å². The van der Waals surface area contributed by atoms with Gasteiger partial charge in [0.05, 0.1) is 0 Å². The van der Waals surface area contributed by atoms with E-state index in [9.17, 15) is 14.4 Å². The molecule has 0 saturated carbocycles. The van der Waals surface area contributed by atoms with Crippen molar-refractivity contribution in [1.29, 1.82) is 0 Å². The van der Waals surface area contributed by atoms with E-state index in [1.807, 2.05) is 0 Å². The molecule has 0 spiro atoms. The first-order valence-corrected chi connectivity index (χ1v) is 31.3. The zero-order valence-electron chi connectivity index (χ0n) is 49.7. The molecule has 0 rings (SSSR count). The average Bonchev–Trinajstić information content (AvgIpc) is 3.43. The van der Waals surface area contributed by atoms with Gasteiger partial charge in [-0.3, -0.25) is 14.4 Å². The van der Waals surface area contributed by atoms with Gasteiger partial charge in [-0.1, -0.05) is 269 Å². The second-order valence-electron chi connectivity index (χ2n) is 20.2. The van der Waals surface area contributed by atoms with E-state index in [4.69, 9.17) is 14.2 Å². The summed E-state index contributed by atoms with van der Waals surface area (Å²) in [6.45, 7) is 6.35. The van der Waals surface area contributed by atoms with Gasteiger partial charge in [-0.25, -0.2) is 0 Å². The zero-order valence-corrected chi connectivity index (χ0v) is 49.7. The second kappa shape index (κ2) is 63.8. The van der Waals surface area contributed by atoms with Crippen LogP contribution in [0.25, 0.3) is 0 Å². The van der Waals surface area contributed by atoms with Crippen molar-refractivity contribution in [3.63, 3.8) is 0 Å². The van der Waals surface area contributed by atoms with E-state index in [2.05, 4.69) is 167 Å². The minimum atomic E-state index is -0.794. The number of carbonyl (C=O) groups is 3. The summed E-state index contributed by atoms with van der Waals surface area (Å²) in [6.07, 6.45) is 91.5. The van der Waals surface area contributed by atoms with E-state index in [1.165, 1.54) is 64.2 Å². The predicted molar refractivity (Wildman–Crippen MR) is 334 cm³/mol. The number of esters is 3. The zero-order chi connectivity index (χ0) is 55.7. The maximum absolute atomic E-state index is 12.9. The predicted octanol–water partition coefficient (Wildman–Crippen LogP) is 21.5. The Bertz CT molecular complexity index is 1700. The fraction of sp³-hybridized carbons (Fsp3) is 0.620. The third-order valence-corrected chi connectivity index (χ3v) is 12.8. The smallest absolute Gasteiger partial charge is 0.306 e. The molecule has 1 atom stereocenters. The highest BCUT2D eigenvalue weighted by Gasteiger charge is 2.19. The number of allylic oxidation sites excluding steroid dienone is 24. The monoisotopic (exact) mass is 1060 g/mol. The molecule has 0 aromatic heterocycles. The van der Waals surface area contributed by atoms with Gasteiger partial charge >= 0.3 is 17.9 Å². The Morgan fingerprint density at radius 1 is 0.273 bits per heavy atom. The molecule has 0 amide bonds. The Balaban J connectivity index is 4.25. The van der Waals surface area contributed by atoms with Gasteiger partial charge in [0.25, 0.3) is 0 Å². The molecule has 77 heavy (non-hydrogen) atoms. The number of hydrogen-bond donors (Lipinski definition) is 0. The first-order valence-electron chi connectivity index (χ1n) is 31.3. The molecular weight excluding hydrogens is 949 g/mol. The SMILES string of the molecule is CC/C=C\C/C=C\C/C=C\C/C=C\C/C=C\C/C=C\C/C=C\CCCCCCCC(=O)OCC(COC(=O)CCCCCCCCC)OC(=O)CCCCCCCCCCC/C=C\C/C=C\C/C=C\C/C=C\C/C=C\CC. The molecule has 0 radical (unpaired) electrons. The van der Waals surface area contributed by atoms with Crippen molar-refractivity contribution in [2.45, 2.75) is 271 Å². The highest BCUT2D eigenvalue weighted by atomic mass is 16.6. The molecule has 0 aliphatic heterocycles. The lowest BCUT2D eigenvalue weighted by Crippen LogP contribution is -2.30. The van der Waals surface area contributed by atoms with E-state index < -0.39 is 6.10 Å². The number of hydrogen-bond acceptors (Lipinski definition) is 6. The van der Waals surface area contributed by atoms with Crippen molar-refractivity contribution in [3.8, 4) is 0 Å². The lowest BCUT2D eigenvalue weighted by molar-refractivity contribution is -0.167. The van der Waals surface area contributed by atoms with Crippen LogP contribution in [0.15, 0.2) is 146 Å². The van der Waals surface area contributed by atoms with Crippen LogP contribution in [0.3, 0.4) is 0 Å². The topological polar surface area (TPSA) is 78.9 Å². The maximum atomic E-state index is 12.9. The Kier molecular flexibility index (Phi) is 59.9. The van der Waals surface area contributed by atoms with Crippen LogP contribution in [0.5, 0.6) is 0 Å². The van der Waals surface area contributed by atoms with Gasteiger partial charge in [0.15, 0.2) is 6.10 Å². The van der Waals surface area contributed by atoms with E-state index in [0.717, 1.165) is 161 Å². The van der Waals surface area contributed by atoms with Crippen molar-refractivity contribution in [2.75, 3.05) is 13.2 Å². The van der Waals surface area contributed by atoms with Crippen LogP contribution in [0.4, 0.5) is 0 Å². The quantitative estimate of drug-likeness (QED) is 0.0261. The molecule has 6 heteroatoms. The molecule has 1 unspecified atom stereocenters. The Labute approximate surface area is 474 Å². The van der Waals surface area contributed by atoms with Gasteiger partial charge in [0.1, 0.15) is 13.2 Å². The summed E-state index contributed by atoms with van der Waals surface area (Å²) in [5, 5.41) is 0. The summed E-state index contributed by atoms with van der Waals surface area (Å²) in [4.78, 5) is 38.1. The lowest BCUT2D eigenvalue weighted by atomic mass is 10.1. The molecule has 434 valence electrons. The molecule has 0 aliphatic rings. The van der Waals surface area contributed by atoms with Gasteiger partial charge in [0, 0.05) is 19.3 Å². The maximum Gasteiger partial charge on any atom is 0.306 e. The van der Waals surface area contributed by atoms with E-state index >= 15 is 0 Å². The summed E-state index contributed by atoms with van der Waals surface area (Å²) >= 11 is 0. The molecule has 0 bridgehead atoms. The van der Waals surface area contributed by atoms with Gasteiger partial charge in [0.2, 0.25) is 0 Å². The Morgan fingerprint density at radius 2 is 0.506 bits per heavy atom. The van der Waals surface area contributed by atoms with Crippen LogP contribution >= 0.6 is 0 Å². The minimum Gasteiger partial charge on any atom is -0.462 e. The van der Waals surface area contributed by atoms with Gasteiger partial charge < -0.3 is 14.2 Å². The largest absolute Gasteiger partial charge is 0.462 e. The van der Waals surface area contributed by atoms with Crippen LogP contribution < -0.4 is 0 Å². The third-order valence-electron chi connectivity index (χ3n) is 12.8. The molecule has 0 heterocycles. The Hall–Kier alpha value is -4.71. The summed E-state index contributed by atoms with van der Waals surface area (Å²) in [5.41, 5.74) is 0. The number of rotatable bonds is 55. The highest BCUT2D eigenvalue weighted by molar-refractivity contribution is 5.71. The normalized spacial score (nSPS) is 13.1. The van der Waals surface area contributed by atoms with Crippen LogP contribution in [0.2, 0.25) is 0 Å². The molecule has 0 N–H and O–H groups in total. The summed E-state index contributed by atoms with van der Waals surface area (Å²) < 4.78 is 16.8. The fourth-order valence-electron chi connectivity index (χ4n) is 8.21.